The molecule has 0 bridgehead atoms. The Kier molecular flexibility index (Phi) is 3.86. The molecular formula is C15H22N6O2. The lowest BCUT2D eigenvalue weighted by Crippen LogP contribution is -2.46. The molecule has 1 aliphatic heterocycles. The van der Waals surface area contributed by atoms with Gasteiger partial charge in [0, 0.05) is 32.1 Å². The standard InChI is InChI=1S/C15H22N6O2/c1-10(14-16-11(2)18-22-14)21-7-5-20(6-8-21)9-13-17-15(23-19-13)12-3-4-12/h10,12H,3-9H2,1-2H3/t10-/m1/s1. The first-order valence-corrected chi connectivity index (χ1v) is 8.28. The van der Waals surface area contributed by atoms with Gasteiger partial charge in [0.15, 0.2) is 11.6 Å². The van der Waals surface area contributed by atoms with Gasteiger partial charge in [0.2, 0.25) is 11.8 Å². The average Bonchev–Trinajstić information content (AvgIpc) is 3.16. The fraction of sp³-hybridized carbons (Fsp3) is 0.733. The maximum absolute atomic E-state index is 5.32. The maximum Gasteiger partial charge on any atom is 0.243 e. The molecule has 1 saturated heterocycles. The number of hydrogen-bond acceptors (Lipinski definition) is 8. The number of piperazine rings is 1. The Hall–Kier alpha value is -1.80. The van der Waals surface area contributed by atoms with Crippen LogP contribution in [0.4, 0.5) is 0 Å². The Morgan fingerprint density at radius 2 is 1.87 bits per heavy atom. The molecule has 3 heterocycles. The molecule has 2 aliphatic rings. The zero-order chi connectivity index (χ0) is 15.8. The Balaban J connectivity index is 1.29. The first kappa shape index (κ1) is 14.8. The van der Waals surface area contributed by atoms with E-state index in [4.69, 9.17) is 9.05 Å². The van der Waals surface area contributed by atoms with Crippen LogP contribution in [0.25, 0.3) is 0 Å². The van der Waals surface area contributed by atoms with Crippen molar-refractivity contribution in [3.8, 4) is 0 Å². The van der Waals surface area contributed by atoms with Gasteiger partial charge in [0.25, 0.3) is 0 Å². The third-order valence-electron chi connectivity index (χ3n) is 4.63. The first-order valence-electron chi connectivity index (χ1n) is 8.28. The van der Waals surface area contributed by atoms with Crippen LogP contribution in [0.3, 0.4) is 0 Å². The second-order valence-electron chi connectivity index (χ2n) is 6.49. The molecule has 8 nitrogen and oxygen atoms in total. The van der Waals surface area contributed by atoms with E-state index in [0.717, 1.165) is 44.4 Å². The van der Waals surface area contributed by atoms with Crippen molar-refractivity contribution in [1.82, 2.24) is 30.1 Å². The van der Waals surface area contributed by atoms with E-state index in [2.05, 4.69) is 37.0 Å². The summed E-state index contributed by atoms with van der Waals surface area (Å²) in [5, 5.41) is 7.98. The van der Waals surface area contributed by atoms with Crippen LogP contribution in [0.15, 0.2) is 9.05 Å². The van der Waals surface area contributed by atoms with Gasteiger partial charge in [-0.3, -0.25) is 9.80 Å². The zero-order valence-electron chi connectivity index (χ0n) is 13.6. The van der Waals surface area contributed by atoms with Gasteiger partial charge in [-0.05, 0) is 26.7 Å². The van der Waals surface area contributed by atoms with Gasteiger partial charge in [-0.1, -0.05) is 10.3 Å². The summed E-state index contributed by atoms with van der Waals surface area (Å²) in [6.07, 6.45) is 2.38. The summed E-state index contributed by atoms with van der Waals surface area (Å²) in [6.45, 7) is 8.61. The van der Waals surface area contributed by atoms with E-state index in [9.17, 15) is 0 Å². The second-order valence-corrected chi connectivity index (χ2v) is 6.49. The molecule has 0 unspecified atom stereocenters. The minimum absolute atomic E-state index is 0.157. The largest absolute Gasteiger partial charge is 0.339 e. The molecule has 8 heteroatoms. The van der Waals surface area contributed by atoms with Crippen LogP contribution < -0.4 is 0 Å². The molecule has 1 aliphatic carbocycles. The summed E-state index contributed by atoms with van der Waals surface area (Å²) < 4.78 is 10.6. The van der Waals surface area contributed by atoms with E-state index in [-0.39, 0.29) is 6.04 Å². The van der Waals surface area contributed by atoms with Crippen LogP contribution >= 0.6 is 0 Å². The van der Waals surface area contributed by atoms with Crippen LogP contribution in [0.1, 0.15) is 55.2 Å². The molecular weight excluding hydrogens is 296 g/mol. The number of aromatic nitrogens is 4. The topological polar surface area (TPSA) is 84.3 Å². The normalized spacial score (nSPS) is 21.7. The molecule has 0 radical (unpaired) electrons. The summed E-state index contributed by atoms with van der Waals surface area (Å²) in [7, 11) is 0. The highest BCUT2D eigenvalue weighted by Gasteiger charge is 2.30. The molecule has 0 spiro atoms. The summed E-state index contributed by atoms with van der Waals surface area (Å²) in [4.78, 5) is 13.6. The monoisotopic (exact) mass is 318 g/mol. The van der Waals surface area contributed by atoms with E-state index in [1.165, 1.54) is 12.8 Å². The molecule has 2 aromatic rings. The lowest BCUT2D eigenvalue weighted by Gasteiger charge is -2.36. The van der Waals surface area contributed by atoms with Gasteiger partial charge < -0.3 is 9.05 Å². The van der Waals surface area contributed by atoms with E-state index in [0.29, 0.717) is 17.6 Å². The van der Waals surface area contributed by atoms with E-state index in [1.807, 2.05) is 6.92 Å². The van der Waals surface area contributed by atoms with E-state index >= 15 is 0 Å². The lowest BCUT2D eigenvalue weighted by molar-refractivity contribution is 0.0827. The van der Waals surface area contributed by atoms with Crippen LogP contribution in [0, 0.1) is 6.92 Å². The summed E-state index contributed by atoms with van der Waals surface area (Å²) in [6, 6.07) is 0.157. The van der Waals surface area contributed by atoms with Crippen LogP contribution in [-0.4, -0.2) is 56.3 Å². The molecule has 2 fully saturated rings. The Labute approximate surface area is 134 Å². The van der Waals surface area contributed by atoms with Crippen molar-refractivity contribution in [3.05, 3.63) is 23.4 Å². The highest BCUT2D eigenvalue weighted by atomic mass is 16.5. The van der Waals surface area contributed by atoms with Crippen molar-refractivity contribution in [2.45, 2.75) is 45.2 Å². The van der Waals surface area contributed by atoms with Gasteiger partial charge in [0.1, 0.15) is 0 Å². The molecule has 124 valence electrons. The zero-order valence-corrected chi connectivity index (χ0v) is 13.6. The lowest BCUT2D eigenvalue weighted by atomic mass is 10.2. The highest BCUT2D eigenvalue weighted by molar-refractivity contribution is 5.02. The molecule has 0 aromatic carbocycles. The third-order valence-corrected chi connectivity index (χ3v) is 4.63. The van der Waals surface area contributed by atoms with Gasteiger partial charge in [-0.15, -0.1) is 0 Å². The number of aryl methyl sites for hydroxylation is 1. The predicted molar refractivity (Wildman–Crippen MR) is 80.6 cm³/mol. The molecule has 0 amide bonds. The maximum atomic E-state index is 5.32. The fourth-order valence-electron chi connectivity index (χ4n) is 2.98. The summed E-state index contributed by atoms with van der Waals surface area (Å²) >= 11 is 0. The predicted octanol–water partition coefficient (Wildman–Crippen LogP) is 1.52. The van der Waals surface area contributed by atoms with Gasteiger partial charge in [-0.2, -0.15) is 9.97 Å². The third kappa shape index (κ3) is 3.28. The average molecular weight is 318 g/mol. The molecule has 1 saturated carbocycles. The Morgan fingerprint density at radius 3 is 2.52 bits per heavy atom. The molecule has 2 aromatic heterocycles. The Morgan fingerprint density at radius 1 is 1.09 bits per heavy atom. The van der Waals surface area contributed by atoms with Crippen LogP contribution in [-0.2, 0) is 6.54 Å². The highest BCUT2D eigenvalue weighted by Crippen LogP contribution is 2.38. The molecule has 1 atom stereocenters. The number of rotatable bonds is 5. The van der Waals surface area contributed by atoms with Crippen molar-refractivity contribution >= 4 is 0 Å². The van der Waals surface area contributed by atoms with Crippen molar-refractivity contribution < 1.29 is 9.05 Å². The second kappa shape index (κ2) is 6.01. The number of nitrogens with zero attached hydrogens (tertiary/aromatic N) is 6. The SMILES string of the molecule is Cc1noc([C@@H](C)N2CCN(Cc3noc(C4CC4)n3)CC2)n1. The van der Waals surface area contributed by atoms with Crippen molar-refractivity contribution in [2.75, 3.05) is 26.2 Å². The minimum atomic E-state index is 0.157. The summed E-state index contributed by atoms with van der Waals surface area (Å²) in [5.74, 6) is 3.53. The van der Waals surface area contributed by atoms with Crippen LogP contribution in [0.5, 0.6) is 0 Å². The van der Waals surface area contributed by atoms with Gasteiger partial charge >= 0.3 is 0 Å². The quantitative estimate of drug-likeness (QED) is 0.820. The van der Waals surface area contributed by atoms with Crippen molar-refractivity contribution in [1.29, 1.82) is 0 Å². The first-order chi connectivity index (χ1) is 11.2. The molecule has 0 N–H and O–H groups in total. The van der Waals surface area contributed by atoms with E-state index < -0.39 is 0 Å². The molecule has 4 rings (SSSR count). The smallest absolute Gasteiger partial charge is 0.243 e. The summed E-state index contributed by atoms with van der Waals surface area (Å²) in [5.41, 5.74) is 0. The van der Waals surface area contributed by atoms with E-state index in [1.54, 1.807) is 0 Å². The van der Waals surface area contributed by atoms with Gasteiger partial charge in [-0.25, -0.2) is 0 Å². The molecule has 23 heavy (non-hydrogen) atoms. The number of hydrogen-bond donors (Lipinski definition) is 0. The van der Waals surface area contributed by atoms with Crippen molar-refractivity contribution in [3.63, 3.8) is 0 Å². The van der Waals surface area contributed by atoms with Crippen molar-refractivity contribution in [2.24, 2.45) is 0 Å². The minimum Gasteiger partial charge on any atom is -0.339 e. The Bertz CT molecular complexity index is 656. The van der Waals surface area contributed by atoms with Gasteiger partial charge in [0.05, 0.1) is 12.6 Å². The fourth-order valence-corrected chi connectivity index (χ4v) is 2.98. The van der Waals surface area contributed by atoms with Crippen LogP contribution in [0.2, 0.25) is 0 Å².